The molecule has 1 N–H and O–H groups in total. The molecule has 1 aromatic carbocycles. The molecule has 2 amide bonds. The van der Waals surface area contributed by atoms with Gasteiger partial charge in [-0.1, -0.05) is 22.9 Å². The quantitative estimate of drug-likeness (QED) is 0.835. The molecule has 0 spiro atoms. The van der Waals surface area contributed by atoms with Crippen LogP contribution < -0.4 is 5.32 Å². The number of nitrogens with one attached hydrogen (secondary N) is 1. The monoisotopic (exact) mass is 403 g/mol. The minimum Gasteiger partial charge on any atom is -0.339 e. The van der Waals surface area contributed by atoms with E-state index < -0.39 is 0 Å². The van der Waals surface area contributed by atoms with Gasteiger partial charge in [-0.15, -0.1) is 12.4 Å². The van der Waals surface area contributed by atoms with Gasteiger partial charge in [0.25, 0.3) is 5.91 Å². The maximum Gasteiger partial charge on any atom is 0.253 e. The van der Waals surface area contributed by atoms with Gasteiger partial charge in [0.15, 0.2) is 0 Å². The Hall–Kier alpha value is -1.11. The zero-order chi connectivity index (χ0) is 16.1. The summed E-state index contributed by atoms with van der Waals surface area (Å²) in [7, 11) is 1.85. The average Bonchev–Trinajstić information content (AvgIpc) is 2.54. The van der Waals surface area contributed by atoms with Gasteiger partial charge in [-0.3, -0.25) is 9.59 Å². The third-order valence-corrected chi connectivity index (χ3v) is 4.43. The Morgan fingerprint density at radius 3 is 2.17 bits per heavy atom. The van der Waals surface area contributed by atoms with E-state index in [2.05, 4.69) is 21.2 Å². The molecule has 128 valence electrons. The zero-order valence-electron chi connectivity index (χ0n) is 13.4. The largest absolute Gasteiger partial charge is 0.339 e. The van der Waals surface area contributed by atoms with Crippen LogP contribution in [0.5, 0.6) is 0 Å². The summed E-state index contributed by atoms with van der Waals surface area (Å²) in [5.41, 5.74) is 0.687. The molecule has 0 aliphatic carbocycles. The molecule has 1 fully saturated rings. The maximum absolute atomic E-state index is 12.4. The van der Waals surface area contributed by atoms with Gasteiger partial charge in [0.2, 0.25) is 5.91 Å². The second kappa shape index (κ2) is 9.25. The van der Waals surface area contributed by atoms with E-state index in [4.69, 9.17) is 0 Å². The van der Waals surface area contributed by atoms with E-state index in [1.54, 1.807) is 0 Å². The molecule has 0 aromatic heterocycles. The molecule has 23 heavy (non-hydrogen) atoms. The molecule has 2 rings (SSSR count). The van der Waals surface area contributed by atoms with Gasteiger partial charge in [-0.05, 0) is 31.3 Å². The second-order valence-corrected chi connectivity index (χ2v) is 6.50. The second-order valence-electron chi connectivity index (χ2n) is 5.58. The fourth-order valence-electron chi connectivity index (χ4n) is 2.61. The van der Waals surface area contributed by atoms with Gasteiger partial charge in [0, 0.05) is 48.7 Å². The number of carbonyl (C=O) groups excluding carboxylic acids is 2. The summed E-state index contributed by atoms with van der Waals surface area (Å²) in [6.45, 7) is 5.00. The van der Waals surface area contributed by atoms with E-state index in [-0.39, 0.29) is 30.1 Å². The van der Waals surface area contributed by atoms with Crippen LogP contribution >= 0.6 is 28.3 Å². The minimum absolute atomic E-state index is 0. The van der Waals surface area contributed by atoms with Crippen molar-refractivity contribution < 1.29 is 9.59 Å². The van der Waals surface area contributed by atoms with Crippen molar-refractivity contribution >= 4 is 40.2 Å². The van der Waals surface area contributed by atoms with Crippen molar-refractivity contribution in [3.63, 3.8) is 0 Å². The van der Waals surface area contributed by atoms with Crippen molar-refractivity contribution in [2.75, 3.05) is 39.8 Å². The van der Waals surface area contributed by atoms with Gasteiger partial charge in [-0.2, -0.15) is 0 Å². The third-order valence-electron chi connectivity index (χ3n) is 3.90. The van der Waals surface area contributed by atoms with E-state index in [9.17, 15) is 9.59 Å². The molecule has 1 aliphatic rings. The Labute approximate surface area is 151 Å². The maximum atomic E-state index is 12.4. The first-order chi connectivity index (χ1) is 10.5. The number of hydrogen-bond donors (Lipinski definition) is 1. The summed E-state index contributed by atoms with van der Waals surface area (Å²) < 4.78 is 0.956. The number of piperazine rings is 1. The van der Waals surface area contributed by atoms with Gasteiger partial charge in [0.1, 0.15) is 0 Å². The SMILES string of the molecule is CNCC(C)C(=O)N1CCN(C(=O)c2ccc(Br)cc2)CC1.Cl. The highest BCUT2D eigenvalue weighted by molar-refractivity contribution is 9.10. The van der Waals surface area contributed by atoms with Crippen molar-refractivity contribution in [1.29, 1.82) is 0 Å². The Balaban J connectivity index is 0.00000264. The Morgan fingerprint density at radius 2 is 1.65 bits per heavy atom. The zero-order valence-corrected chi connectivity index (χ0v) is 15.8. The van der Waals surface area contributed by atoms with E-state index in [1.165, 1.54) is 0 Å². The van der Waals surface area contributed by atoms with Crippen LogP contribution in [0.4, 0.5) is 0 Å². The third kappa shape index (κ3) is 5.19. The molecule has 7 heteroatoms. The van der Waals surface area contributed by atoms with Crippen LogP contribution in [0, 0.1) is 5.92 Å². The fourth-order valence-corrected chi connectivity index (χ4v) is 2.87. The number of amides is 2. The fraction of sp³-hybridized carbons (Fsp3) is 0.500. The summed E-state index contributed by atoms with van der Waals surface area (Å²) in [5.74, 6) is 0.159. The summed E-state index contributed by atoms with van der Waals surface area (Å²) >= 11 is 3.37. The molecule has 1 aliphatic heterocycles. The van der Waals surface area contributed by atoms with Crippen LogP contribution in [0.25, 0.3) is 0 Å². The van der Waals surface area contributed by atoms with Gasteiger partial charge in [0.05, 0.1) is 0 Å². The smallest absolute Gasteiger partial charge is 0.253 e. The van der Waals surface area contributed by atoms with Crippen molar-refractivity contribution in [3.05, 3.63) is 34.3 Å². The highest BCUT2D eigenvalue weighted by atomic mass is 79.9. The molecule has 5 nitrogen and oxygen atoms in total. The van der Waals surface area contributed by atoms with Crippen LogP contribution in [0.3, 0.4) is 0 Å². The lowest BCUT2D eigenvalue weighted by Gasteiger charge is -2.36. The highest BCUT2D eigenvalue weighted by Gasteiger charge is 2.26. The number of nitrogens with zero attached hydrogens (tertiary/aromatic N) is 2. The predicted molar refractivity (Wildman–Crippen MR) is 97.0 cm³/mol. The standard InChI is InChI=1S/C16H22BrN3O2.ClH/c1-12(11-18-2)15(21)19-7-9-20(10-8-19)16(22)13-3-5-14(17)6-4-13;/h3-6,12,18H,7-11H2,1-2H3;1H. The van der Waals surface area contributed by atoms with Crippen LogP contribution in [-0.4, -0.2) is 61.4 Å². The first-order valence-electron chi connectivity index (χ1n) is 7.51. The number of rotatable bonds is 4. The average molecular weight is 405 g/mol. The summed E-state index contributed by atoms with van der Waals surface area (Å²) in [6, 6.07) is 7.37. The van der Waals surface area contributed by atoms with E-state index in [0.717, 1.165) is 4.47 Å². The first kappa shape index (κ1) is 19.9. The molecule has 0 bridgehead atoms. The summed E-state index contributed by atoms with van der Waals surface area (Å²) in [6.07, 6.45) is 0. The Kier molecular flexibility index (Phi) is 8.02. The summed E-state index contributed by atoms with van der Waals surface area (Å²) in [5, 5.41) is 3.02. The normalized spacial score (nSPS) is 15.8. The van der Waals surface area contributed by atoms with Crippen LogP contribution in [-0.2, 0) is 4.79 Å². The molecule has 1 atom stereocenters. The lowest BCUT2D eigenvalue weighted by Crippen LogP contribution is -2.52. The first-order valence-corrected chi connectivity index (χ1v) is 8.30. The molecule has 1 aromatic rings. The van der Waals surface area contributed by atoms with Gasteiger partial charge >= 0.3 is 0 Å². The lowest BCUT2D eigenvalue weighted by atomic mass is 10.1. The predicted octanol–water partition coefficient (Wildman–Crippen LogP) is 2.01. The Bertz CT molecular complexity index is 531. The van der Waals surface area contributed by atoms with E-state index >= 15 is 0 Å². The lowest BCUT2D eigenvalue weighted by molar-refractivity contribution is -0.136. The van der Waals surface area contributed by atoms with Crippen molar-refractivity contribution in [1.82, 2.24) is 15.1 Å². The molecule has 1 saturated heterocycles. The number of hydrogen-bond acceptors (Lipinski definition) is 3. The van der Waals surface area contributed by atoms with Crippen molar-refractivity contribution in [2.24, 2.45) is 5.92 Å². The minimum atomic E-state index is -0.0290. The summed E-state index contributed by atoms with van der Waals surface area (Å²) in [4.78, 5) is 28.3. The van der Waals surface area contributed by atoms with Crippen molar-refractivity contribution in [3.8, 4) is 0 Å². The molecule has 0 saturated carbocycles. The topological polar surface area (TPSA) is 52.7 Å². The van der Waals surface area contributed by atoms with Crippen LogP contribution in [0.15, 0.2) is 28.7 Å². The molecule has 1 unspecified atom stereocenters. The molecular formula is C16H23BrClN3O2. The van der Waals surface area contributed by atoms with Gasteiger partial charge in [-0.25, -0.2) is 0 Å². The van der Waals surface area contributed by atoms with E-state index in [1.807, 2.05) is 48.0 Å². The molecule has 0 radical (unpaired) electrons. The molecular weight excluding hydrogens is 382 g/mol. The number of benzene rings is 1. The number of halogens is 2. The molecule has 1 heterocycles. The van der Waals surface area contributed by atoms with Crippen molar-refractivity contribution in [2.45, 2.75) is 6.92 Å². The van der Waals surface area contributed by atoms with Crippen LogP contribution in [0.2, 0.25) is 0 Å². The van der Waals surface area contributed by atoms with Gasteiger partial charge < -0.3 is 15.1 Å². The van der Waals surface area contributed by atoms with Crippen LogP contribution in [0.1, 0.15) is 17.3 Å². The Morgan fingerprint density at radius 1 is 1.13 bits per heavy atom. The highest BCUT2D eigenvalue weighted by Crippen LogP contribution is 2.14. The van der Waals surface area contributed by atoms with E-state index in [0.29, 0.717) is 38.3 Å². The number of carbonyl (C=O) groups is 2.